The van der Waals surface area contributed by atoms with E-state index in [1.54, 1.807) is 22.5 Å². The van der Waals surface area contributed by atoms with Gasteiger partial charge < -0.3 is 10.1 Å². The lowest BCUT2D eigenvalue weighted by Gasteiger charge is -2.16. The molecular formula is C19H21Cl2N5OS. The van der Waals surface area contributed by atoms with Crippen LogP contribution >= 0.6 is 35.0 Å². The zero-order chi connectivity index (χ0) is 19.9. The van der Waals surface area contributed by atoms with Gasteiger partial charge in [0.15, 0.2) is 0 Å². The summed E-state index contributed by atoms with van der Waals surface area (Å²) in [5.74, 6) is 1.48. The molecular weight excluding hydrogens is 417 g/mol. The van der Waals surface area contributed by atoms with E-state index in [4.69, 9.17) is 27.9 Å². The van der Waals surface area contributed by atoms with Gasteiger partial charge in [0.25, 0.3) is 0 Å². The smallest absolute Gasteiger partial charge is 0.214 e. The van der Waals surface area contributed by atoms with Gasteiger partial charge in [-0.25, -0.2) is 0 Å². The molecule has 0 fully saturated rings. The Kier molecular flexibility index (Phi) is 7.56. The topological polar surface area (TPSA) is 64.9 Å². The second-order valence-corrected chi connectivity index (χ2v) is 8.18. The van der Waals surface area contributed by atoms with E-state index in [-0.39, 0.29) is 6.10 Å². The summed E-state index contributed by atoms with van der Waals surface area (Å²) >= 11 is 14.0. The third kappa shape index (κ3) is 5.61. The van der Waals surface area contributed by atoms with Crippen molar-refractivity contribution in [1.29, 1.82) is 0 Å². The fraction of sp³-hybridized carbons (Fsp3) is 0.316. The number of rotatable bonds is 9. The van der Waals surface area contributed by atoms with Crippen LogP contribution in [0.4, 0.5) is 0 Å². The molecule has 148 valence electrons. The highest BCUT2D eigenvalue weighted by Gasteiger charge is 2.13. The van der Waals surface area contributed by atoms with Crippen LogP contribution in [0, 0.1) is 0 Å². The number of nitrogens with one attached hydrogen (secondary N) is 1. The molecule has 1 aromatic heterocycles. The number of thioether (sulfide) groups is 1. The number of para-hydroxylation sites is 1. The first-order chi connectivity index (χ1) is 13.5. The highest BCUT2D eigenvalue weighted by Crippen LogP contribution is 2.33. The van der Waals surface area contributed by atoms with E-state index in [1.165, 1.54) is 0 Å². The first-order valence-electron chi connectivity index (χ1n) is 8.86. The normalized spacial score (nSPS) is 11.2. The van der Waals surface area contributed by atoms with E-state index in [2.05, 4.69) is 20.8 Å². The maximum atomic E-state index is 6.30. The van der Waals surface area contributed by atoms with Crippen molar-refractivity contribution in [2.24, 2.45) is 0 Å². The Morgan fingerprint density at radius 1 is 1.18 bits per heavy atom. The van der Waals surface area contributed by atoms with Crippen molar-refractivity contribution in [3.05, 3.63) is 58.1 Å². The summed E-state index contributed by atoms with van der Waals surface area (Å²) in [6, 6.07) is 13.4. The third-order valence-corrected chi connectivity index (χ3v) is 5.13. The SMILES string of the molecule is CC(C)Oc1c(Cl)cc(Cl)cc1CNCCSc1nnnn1-c1ccccc1. The van der Waals surface area contributed by atoms with Crippen LogP contribution in [0.1, 0.15) is 19.4 Å². The standard InChI is InChI=1S/C19H21Cl2N5OS/c1-13(2)27-18-14(10-15(20)11-17(18)21)12-22-8-9-28-19-23-24-25-26(19)16-6-4-3-5-7-16/h3-7,10-11,13,22H,8-9,12H2,1-2H3. The number of nitrogens with zero attached hydrogens (tertiary/aromatic N) is 4. The Labute approximate surface area is 178 Å². The fourth-order valence-electron chi connectivity index (χ4n) is 2.55. The first kappa shape index (κ1) is 20.9. The predicted octanol–water partition coefficient (Wildman–Crippen LogP) is 4.64. The predicted molar refractivity (Wildman–Crippen MR) is 114 cm³/mol. The molecule has 0 saturated carbocycles. The molecule has 0 aliphatic heterocycles. The van der Waals surface area contributed by atoms with Gasteiger partial charge in [0.2, 0.25) is 5.16 Å². The summed E-state index contributed by atoms with van der Waals surface area (Å²) in [7, 11) is 0. The number of halogens is 2. The summed E-state index contributed by atoms with van der Waals surface area (Å²) in [6.45, 7) is 5.30. The molecule has 3 rings (SSSR count). The van der Waals surface area contributed by atoms with Crippen LogP contribution in [0.25, 0.3) is 5.69 Å². The molecule has 9 heteroatoms. The van der Waals surface area contributed by atoms with Crippen molar-refractivity contribution >= 4 is 35.0 Å². The van der Waals surface area contributed by atoms with Crippen LogP contribution < -0.4 is 10.1 Å². The number of hydrogen-bond donors (Lipinski definition) is 1. The molecule has 28 heavy (non-hydrogen) atoms. The quantitative estimate of drug-likeness (QED) is 0.388. The minimum absolute atomic E-state index is 0.0322. The maximum Gasteiger partial charge on any atom is 0.214 e. The molecule has 0 aliphatic carbocycles. The van der Waals surface area contributed by atoms with Crippen molar-refractivity contribution in [1.82, 2.24) is 25.5 Å². The lowest BCUT2D eigenvalue weighted by molar-refractivity contribution is 0.239. The number of hydrogen-bond acceptors (Lipinski definition) is 6. The third-order valence-electron chi connectivity index (χ3n) is 3.71. The molecule has 0 spiro atoms. The molecule has 0 aliphatic rings. The minimum Gasteiger partial charge on any atom is -0.489 e. The largest absolute Gasteiger partial charge is 0.489 e. The van der Waals surface area contributed by atoms with Gasteiger partial charge in [-0.1, -0.05) is 53.2 Å². The molecule has 0 saturated heterocycles. The monoisotopic (exact) mass is 437 g/mol. The Balaban J connectivity index is 1.54. The average molecular weight is 438 g/mol. The van der Waals surface area contributed by atoms with Crippen LogP contribution in [0.5, 0.6) is 5.75 Å². The van der Waals surface area contributed by atoms with Gasteiger partial charge in [-0.2, -0.15) is 4.68 Å². The van der Waals surface area contributed by atoms with E-state index >= 15 is 0 Å². The molecule has 0 radical (unpaired) electrons. The summed E-state index contributed by atoms with van der Waals surface area (Å²) in [6.07, 6.45) is 0.0322. The molecule has 0 unspecified atom stereocenters. The summed E-state index contributed by atoms with van der Waals surface area (Å²) < 4.78 is 7.58. The number of tetrazole rings is 1. The fourth-order valence-corrected chi connectivity index (χ4v) is 3.92. The highest BCUT2D eigenvalue weighted by molar-refractivity contribution is 7.99. The zero-order valence-corrected chi connectivity index (χ0v) is 17.9. The van der Waals surface area contributed by atoms with E-state index in [1.807, 2.05) is 50.2 Å². The molecule has 0 atom stereocenters. The Hall–Kier alpha value is -1.80. The first-order valence-corrected chi connectivity index (χ1v) is 10.6. The molecule has 6 nitrogen and oxygen atoms in total. The Morgan fingerprint density at radius 3 is 2.71 bits per heavy atom. The van der Waals surface area contributed by atoms with Gasteiger partial charge in [0, 0.05) is 29.4 Å². The second-order valence-electron chi connectivity index (χ2n) is 6.28. The maximum absolute atomic E-state index is 6.30. The van der Waals surface area contributed by atoms with Gasteiger partial charge >= 0.3 is 0 Å². The number of ether oxygens (including phenoxy) is 1. The second kappa shape index (κ2) is 10.1. The highest BCUT2D eigenvalue weighted by atomic mass is 35.5. The van der Waals surface area contributed by atoms with Crippen LogP contribution in [0.2, 0.25) is 10.0 Å². The number of aromatic nitrogens is 4. The van der Waals surface area contributed by atoms with Gasteiger partial charge in [-0.05, 0) is 48.5 Å². The van der Waals surface area contributed by atoms with Crippen LogP contribution in [0.3, 0.4) is 0 Å². The molecule has 0 amide bonds. The van der Waals surface area contributed by atoms with Gasteiger partial charge in [-0.15, -0.1) is 5.10 Å². The Bertz CT molecular complexity index is 905. The van der Waals surface area contributed by atoms with Crippen LogP contribution in [-0.2, 0) is 6.54 Å². The number of benzene rings is 2. The molecule has 1 heterocycles. The van der Waals surface area contributed by atoms with Crippen molar-refractivity contribution in [3.8, 4) is 11.4 Å². The lowest BCUT2D eigenvalue weighted by atomic mass is 10.2. The van der Waals surface area contributed by atoms with Crippen molar-refractivity contribution in [2.75, 3.05) is 12.3 Å². The van der Waals surface area contributed by atoms with Gasteiger partial charge in [-0.3, -0.25) is 0 Å². The lowest BCUT2D eigenvalue weighted by Crippen LogP contribution is -2.18. The molecule has 0 bridgehead atoms. The molecule has 3 aromatic rings. The Morgan fingerprint density at radius 2 is 1.96 bits per heavy atom. The van der Waals surface area contributed by atoms with Gasteiger partial charge in [0.05, 0.1) is 16.8 Å². The van der Waals surface area contributed by atoms with Crippen molar-refractivity contribution in [3.63, 3.8) is 0 Å². The molecule has 2 aromatic carbocycles. The van der Waals surface area contributed by atoms with Crippen LogP contribution in [0.15, 0.2) is 47.6 Å². The van der Waals surface area contributed by atoms with Crippen LogP contribution in [-0.4, -0.2) is 38.6 Å². The van der Waals surface area contributed by atoms with E-state index < -0.39 is 0 Å². The van der Waals surface area contributed by atoms with Gasteiger partial charge in [0.1, 0.15) is 5.75 Å². The average Bonchev–Trinajstić information content (AvgIpc) is 3.13. The van der Waals surface area contributed by atoms with E-state index in [9.17, 15) is 0 Å². The minimum atomic E-state index is 0.0322. The van der Waals surface area contributed by atoms with E-state index in [0.717, 1.165) is 28.7 Å². The van der Waals surface area contributed by atoms with Crippen molar-refractivity contribution in [2.45, 2.75) is 31.7 Å². The summed E-state index contributed by atoms with van der Waals surface area (Å²) in [5.41, 5.74) is 1.87. The van der Waals surface area contributed by atoms with E-state index in [0.29, 0.717) is 22.3 Å². The summed E-state index contributed by atoms with van der Waals surface area (Å²) in [5, 5.41) is 17.2. The summed E-state index contributed by atoms with van der Waals surface area (Å²) in [4.78, 5) is 0. The molecule has 1 N–H and O–H groups in total. The zero-order valence-electron chi connectivity index (χ0n) is 15.6. The van der Waals surface area contributed by atoms with Crippen molar-refractivity contribution < 1.29 is 4.74 Å².